The first-order valence-electron chi connectivity index (χ1n) is 3.19. The average molecular weight is 131 g/mol. The van der Waals surface area contributed by atoms with Crippen molar-refractivity contribution in [2.24, 2.45) is 0 Å². The standard InChI is InChI=1S/C6H13NO2/c1-6(8-2)7-3-4-9-5-7/h6H,3-5H2,1-2H3. The van der Waals surface area contributed by atoms with Crippen molar-refractivity contribution >= 4 is 0 Å². The Balaban J connectivity index is 2.24. The van der Waals surface area contributed by atoms with Crippen molar-refractivity contribution in [2.75, 3.05) is 27.0 Å². The summed E-state index contributed by atoms with van der Waals surface area (Å²) < 4.78 is 10.2. The van der Waals surface area contributed by atoms with Crippen molar-refractivity contribution in [2.45, 2.75) is 13.2 Å². The average Bonchev–Trinajstić information content (AvgIpc) is 2.37. The molecule has 9 heavy (non-hydrogen) atoms. The van der Waals surface area contributed by atoms with Gasteiger partial charge in [0.15, 0.2) is 0 Å². The molecule has 0 bridgehead atoms. The highest BCUT2D eigenvalue weighted by Gasteiger charge is 2.16. The molecule has 1 aliphatic rings. The third-order valence-corrected chi connectivity index (χ3v) is 1.64. The van der Waals surface area contributed by atoms with Crippen molar-refractivity contribution in [3.63, 3.8) is 0 Å². The second-order valence-electron chi connectivity index (χ2n) is 2.18. The summed E-state index contributed by atoms with van der Waals surface area (Å²) in [5.74, 6) is 0. The molecule has 1 heterocycles. The second-order valence-corrected chi connectivity index (χ2v) is 2.18. The highest BCUT2D eigenvalue weighted by atomic mass is 16.5. The predicted octanol–water partition coefficient (Wildman–Crippen LogP) is 0.268. The summed E-state index contributed by atoms with van der Waals surface area (Å²) in [7, 11) is 1.71. The van der Waals surface area contributed by atoms with Crippen LogP contribution in [0, 0.1) is 0 Å². The molecule has 0 aromatic rings. The minimum atomic E-state index is 0.201. The molecule has 0 saturated carbocycles. The number of methoxy groups -OCH3 is 1. The van der Waals surface area contributed by atoms with Crippen LogP contribution < -0.4 is 0 Å². The van der Waals surface area contributed by atoms with Crippen molar-refractivity contribution in [1.29, 1.82) is 0 Å². The molecule has 0 radical (unpaired) electrons. The molecular weight excluding hydrogens is 118 g/mol. The molecule has 1 aliphatic heterocycles. The maximum Gasteiger partial charge on any atom is 0.109 e. The van der Waals surface area contributed by atoms with E-state index in [0.717, 1.165) is 19.9 Å². The van der Waals surface area contributed by atoms with Crippen LogP contribution in [0.1, 0.15) is 6.92 Å². The van der Waals surface area contributed by atoms with E-state index in [0.29, 0.717) is 0 Å². The summed E-state index contributed by atoms with van der Waals surface area (Å²) in [5.41, 5.74) is 0. The Morgan fingerprint density at radius 1 is 1.67 bits per heavy atom. The topological polar surface area (TPSA) is 21.7 Å². The first-order valence-corrected chi connectivity index (χ1v) is 3.19. The molecule has 0 spiro atoms. The van der Waals surface area contributed by atoms with Gasteiger partial charge in [0.05, 0.1) is 6.61 Å². The fourth-order valence-electron chi connectivity index (χ4n) is 0.864. The van der Waals surface area contributed by atoms with Gasteiger partial charge in [0.25, 0.3) is 0 Å². The van der Waals surface area contributed by atoms with E-state index in [4.69, 9.17) is 9.47 Å². The van der Waals surface area contributed by atoms with Crippen LogP contribution in [0.3, 0.4) is 0 Å². The molecule has 1 saturated heterocycles. The van der Waals surface area contributed by atoms with Crippen LogP contribution in [0.25, 0.3) is 0 Å². The minimum Gasteiger partial charge on any atom is -0.367 e. The van der Waals surface area contributed by atoms with E-state index in [1.54, 1.807) is 7.11 Å². The molecule has 0 aliphatic carbocycles. The first-order chi connectivity index (χ1) is 4.34. The monoisotopic (exact) mass is 131 g/mol. The molecule has 1 fully saturated rings. The Labute approximate surface area is 55.5 Å². The predicted molar refractivity (Wildman–Crippen MR) is 34.0 cm³/mol. The van der Waals surface area contributed by atoms with Crippen LogP contribution in [0.5, 0.6) is 0 Å². The number of nitrogens with zero attached hydrogens (tertiary/aromatic N) is 1. The third-order valence-electron chi connectivity index (χ3n) is 1.64. The quantitative estimate of drug-likeness (QED) is 0.537. The van der Waals surface area contributed by atoms with Crippen LogP contribution in [0.4, 0.5) is 0 Å². The fourth-order valence-corrected chi connectivity index (χ4v) is 0.864. The summed E-state index contributed by atoms with van der Waals surface area (Å²) in [6.45, 7) is 4.58. The molecule has 0 N–H and O–H groups in total. The lowest BCUT2D eigenvalue weighted by Gasteiger charge is -2.19. The lowest BCUT2D eigenvalue weighted by molar-refractivity contribution is -0.0272. The van der Waals surface area contributed by atoms with Gasteiger partial charge in [-0.05, 0) is 6.92 Å². The maximum atomic E-state index is 5.13. The number of hydrogen-bond acceptors (Lipinski definition) is 3. The van der Waals surface area contributed by atoms with E-state index in [1.807, 2.05) is 6.92 Å². The molecule has 3 heteroatoms. The number of ether oxygens (including phenoxy) is 2. The summed E-state index contributed by atoms with van der Waals surface area (Å²) >= 11 is 0. The zero-order chi connectivity index (χ0) is 6.69. The zero-order valence-electron chi connectivity index (χ0n) is 5.96. The smallest absolute Gasteiger partial charge is 0.109 e. The minimum absolute atomic E-state index is 0.201. The number of hydrogen-bond donors (Lipinski definition) is 0. The van der Waals surface area contributed by atoms with E-state index < -0.39 is 0 Å². The summed E-state index contributed by atoms with van der Waals surface area (Å²) in [6.07, 6.45) is 0.201. The molecule has 0 aromatic carbocycles. The molecule has 3 nitrogen and oxygen atoms in total. The van der Waals surface area contributed by atoms with Crippen molar-refractivity contribution in [1.82, 2.24) is 4.90 Å². The SMILES string of the molecule is COC(C)N1CCOC1. The van der Waals surface area contributed by atoms with Crippen LogP contribution in [0.15, 0.2) is 0 Å². The van der Waals surface area contributed by atoms with Gasteiger partial charge in [-0.1, -0.05) is 0 Å². The van der Waals surface area contributed by atoms with E-state index in [2.05, 4.69) is 4.90 Å². The second kappa shape index (κ2) is 3.15. The third kappa shape index (κ3) is 1.64. The number of rotatable bonds is 2. The zero-order valence-corrected chi connectivity index (χ0v) is 5.96. The summed E-state index contributed by atoms with van der Waals surface area (Å²) in [4.78, 5) is 2.14. The lowest BCUT2D eigenvalue weighted by Crippen LogP contribution is -2.31. The van der Waals surface area contributed by atoms with Gasteiger partial charge in [-0.3, -0.25) is 4.90 Å². The summed E-state index contributed by atoms with van der Waals surface area (Å²) in [6, 6.07) is 0. The van der Waals surface area contributed by atoms with Crippen molar-refractivity contribution in [3.8, 4) is 0 Å². The summed E-state index contributed by atoms with van der Waals surface area (Å²) in [5, 5.41) is 0. The molecule has 1 rings (SSSR count). The Bertz CT molecular complexity index is 81.1. The van der Waals surface area contributed by atoms with Gasteiger partial charge in [-0.2, -0.15) is 0 Å². The normalized spacial score (nSPS) is 24.7. The van der Waals surface area contributed by atoms with Crippen molar-refractivity contribution < 1.29 is 9.47 Å². The Kier molecular flexibility index (Phi) is 2.45. The molecule has 54 valence electrons. The maximum absolute atomic E-state index is 5.13. The fraction of sp³-hybridized carbons (Fsp3) is 1.00. The Morgan fingerprint density at radius 3 is 2.89 bits per heavy atom. The molecule has 0 aromatic heterocycles. The van der Waals surface area contributed by atoms with E-state index >= 15 is 0 Å². The Hall–Kier alpha value is -0.120. The van der Waals surface area contributed by atoms with Crippen LogP contribution in [-0.4, -0.2) is 38.1 Å². The van der Waals surface area contributed by atoms with Gasteiger partial charge in [0.2, 0.25) is 0 Å². The van der Waals surface area contributed by atoms with E-state index in [1.165, 1.54) is 0 Å². The van der Waals surface area contributed by atoms with Crippen LogP contribution in [-0.2, 0) is 9.47 Å². The molecule has 1 atom stereocenters. The van der Waals surface area contributed by atoms with Crippen LogP contribution in [0.2, 0.25) is 0 Å². The van der Waals surface area contributed by atoms with E-state index in [9.17, 15) is 0 Å². The lowest BCUT2D eigenvalue weighted by atomic mass is 10.5. The molecule has 1 unspecified atom stereocenters. The Morgan fingerprint density at radius 2 is 2.44 bits per heavy atom. The van der Waals surface area contributed by atoms with Gasteiger partial charge >= 0.3 is 0 Å². The van der Waals surface area contributed by atoms with Gasteiger partial charge < -0.3 is 9.47 Å². The van der Waals surface area contributed by atoms with Gasteiger partial charge in [-0.25, -0.2) is 0 Å². The highest BCUT2D eigenvalue weighted by Crippen LogP contribution is 2.04. The molecular formula is C6H13NO2. The highest BCUT2D eigenvalue weighted by molar-refractivity contribution is 4.58. The van der Waals surface area contributed by atoms with E-state index in [-0.39, 0.29) is 6.23 Å². The largest absolute Gasteiger partial charge is 0.367 e. The van der Waals surface area contributed by atoms with Crippen molar-refractivity contribution in [3.05, 3.63) is 0 Å². The molecule has 0 amide bonds. The van der Waals surface area contributed by atoms with Crippen LogP contribution >= 0.6 is 0 Å². The van der Waals surface area contributed by atoms with Gasteiger partial charge in [0.1, 0.15) is 13.0 Å². The first kappa shape index (κ1) is 6.99. The van der Waals surface area contributed by atoms with Gasteiger partial charge in [-0.15, -0.1) is 0 Å². The van der Waals surface area contributed by atoms with Gasteiger partial charge in [0, 0.05) is 13.7 Å².